The minimum Gasteiger partial charge on any atom is -0.508 e. The number of aromatic hydroxyl groups is 1. The van der Waals surface area contributed by atoms with E-state index in [0.717, 1.165) is 6.07 Å². The zero-order valence-corrected chi connectivity index (χ0v) is 8.69. The summed E-state index contributed by atoms with van der Waals surface area (Å²) in [6.07, 6.45) is 0. The van der Waals surface area contributed by atoms with Crippen LogP contribution in [0.15, 0.2) is 12.1 Å². The van der Waals surface area contributed by atoms with E-state index in [2.05, 4.69) is 9.72 Å². The Morgan fingerprint density at radius 3 is 2.88 bits per heavy atom. The van der Waals surface area contributed by atoms with Crippen molar-refractivity contribution in [3.63, 3.8) is 0 Å². The zero-order chi connectivity index (χ0) is 11.9. The first-order chi connectivity index (χ1) is 7.54. The fourth-order valence-electron chi connectivity index (χ4n) is 1.51. The summed E-state index contributed by atoms with van der Waals surface area (Å²) in [4.78, 5) is 15.1. The van der Waals surface area contributed by atoms with E-state index in [1.54, 1.807) is 7.05 Å². The summed E-state index contributed by atoms with van der Waals surface area (Å²) in [5, 5.41) is 9.24. The van der Waals surface area contributed by atoms with Crippen LogP contribution >= 0.6 is 0 Å². The number of aryl methyl sites for hydroxylation is 1. The number of fused-ring (bicyclic) bond motifs is 1. The smallest absolute Gasteiger partial charge is 0.374 e. The number of benzene rings is 1. The summed E-state index contributed by atoms with van der Waals surface area (Å²) in [6.45, 7) is 0. The van der Waals surface area contributed by atoms with Gasteiger partial charge in [0.2, 0.25) is 5.82 Å². The summed E-state index contributed by atoms with van der Waals surface area (Å²) in [6, 6.07) is 2.27. The second-order valence-electron chi connectivity index (χ2n) is 3.28. The zero-order valence-electron chi connectivity index (χ0n) is 8.69. The molecule has 0 amide bonds. The standard InChI is InChI=1S/C10H9FN2O3/c1-13-7-4-5(14)3-6(11)8(7)12-9(13)10(15)16-2/h3-4,14H,1-2H3. The Labute approximate surface area is 90.1 Å². The average Bonchev–Trinajstić information content (AvgIpc) is 2.56. The van der Waals surface area contributed by atoms with E-state index in [9.17, 15) is 14.3 Å². The molecule has 0 spiro atoms. The number of aromatic nitrogens is 2. The molecule has 0 fully saturated rings. The predicted molar refractivity (Wildman–Crippen MR) is 53.7 cm³/mol. The third-order valence-corrected chi connectivity index (χ3v) is 2.29. The van der Waals surface area contributed by atoms with Crippen molar-refractivity contribution in [1.82, 2.24) is 9.55 Å². The van der Waals surface area contributed by atoms with Crippen LogP contribution in [0.5, 0.6) is 5.75 Å². The number of phenolic OH excluding ortho intramolecular Hbond substituents is 1. The van der Waals surface area contributed by atoms with Crippen molar-refractivity contribution < 1.29 is 19.0 Å². The number of nitrogens with zero attached hydrogens (tertiary/aromatic N) is 2. The van der Waals surface area contributed by atoms with Gasteiger partial charge in [-0.3, -0.25) is 0 Å². The van der Waals surface area contributed by atoms with Gasteiger partial charge < -0.3 is 14.4 Å². The number of halogens is 1. The van der Waals surface area contributed by atoms with Gasteiger partial charge in [0.1, 0.15) is 11.3 Å². The summed E-state index contributed by atoms with van der Waals surface area (Å²) >= 11 is 0. The van der Waals surface area contributed by atoms with Gasteiger partial charge in [0.25, 0.3) is 0 Å². The van der Waals surface area contributed by atoms with Crippen molar-refractivity contribution in [3.8, 4) is 5.75 Å². The Morgan fingerprint density at radius 1 is 1.56 bits per heavy atom. The molecule has 2 aromatic rings. The molecule has 0 bridgehead atoms. The number of methoxy groups -OCH3 is 1. The summed E-state index contributed by atoms with van der Waals surface area (Å²) < 4.78 is 19.3. The second kappa shape index (κ2) is 3.48. The van der Waals surface area contributed by atoms with Crippen LogP contribution in [0, 0.1) is 5.82 Å². The molecule has 1 aromatic carbocycles. The van der Waals surface area contributed by atoms with Crippen molar-refractivity contribution in [3.05, 3.63) is 23.8 Å². The fraction of sp³-hybridized carbons (Fsp3) is 0.200. The highest BCUT2D eigenvalue weighted by atomic mass is 19.1. The Morgan fingerprint density at radius 2 is 2.25 bits per heavy atom. The predicted octanol–water partition coefficient (Wildman–Crippen LogP) is 1.20. The van der Waals surface area contributed by atoms with Crippen LogP contribution in [-0.2, 0) is 11.8 Å². The maximum absolute atomic E-state index is 13.4. The first kappa shape index (κ1) is 10.4. The highest BCUT2D eigenvalue weighted by molar-refractivity contribution is 5.91. The first-order valence-electron chi connectivity index (χ1n) is 4.48. The van der Waals surface area contributed by atoms with Crippen LogP contribution in [0.3, 0.4) is 0 Å². The van der Waals surface area contributed by atoms with Crippen LogP contribution in [0.4, 0.5) is 4.39 Å². The van der Waals surface area contributed by atoms with Crippen LogP contribution in [-0.4, -0.2) is 27.7 Å². The van der Waals surface area contributed by atoms with E-state index in [1.807, 2.05) is 0 Å². The molecule has 1 N–H and O–H groups in total. The minimum absolute atomic E-state index is 0.0120. The van der Waals surface area contributed by atoms with Crippen molar-refractivity contribution in [2.75, 3.05) is 7.11 Å². The molecular weight excluding hydrogens is 215 g/mol. The summed E-state index contributed by atoms with van der Waals surface area (Å²) in [5.74, 6) is -1.57. The van der Waals surface area contributed by atoms with Crippen LogP contribution in [0.25, 0.3) is 11.0 Å². The number of rotatable bonds is 1. The molecule has 0 aliphatic carbocycles. The Bertz CT molecular complexity index is 577. The van der Waals surface area contributed by atoms with Crippen LogP contribution in [0.1, 0.15) is 10.6 Å². The molecule has 1 heterocycles. The Hall–Kier alpha value is -2.11. The second-order valence-corrected chi connectivity index (χ2v) is 3.28. The van der Waals surface area contributed by atoms with Crippen molar-refractivity contribution in [1.29, 1.82) is 0 Å². The molecule has 2 rings (SSSR count). The summed E-state index contributed by atoms with van der Waals surface area (Å²) in [7, 11) is 2.76. The number of hydrogen-bond donors (Lipinski definition) is 1. The highest BCUT2D eigenvalue weighted by Gasteiger charge is 2.18. The van der Waals surface area contributed by atoms with E-state index in [-0.39, 0.29) is 17.1 Å². The molecule has 5 nitrogen and oxygen atoms in total. The van der Waals surface area contributed by atoms with Crippen molar-refractivity contribution in [2.24, 2.45) is 7.05 Å². The lowest BCUT2D eigenvalue weighted by Gasteiger charge is -1.99. The van der Waals surface area contributed by atoms with Crippen LogP contribution in [0.2, 0.25) is 0 Å². The van der Waals surface area contributed by atoms with Gasteiger partial charge in [0.15, 0.2) is 5.82 Å². The lowest BCUT2D eigenvalue weighted by atomic mass is 10.3. The van der Waals surface area contributed by atoms with Crippen molar-refractivity contribution >= 4 is 17.0 Å². The molecule has 0 aliphatic rings. The number of imidazole rings is 1. The molecule has 0 saturated heterocycles. The van der Waals surface area contributed by atoms with Gasteiger partial charge in [-0.05, 0) is 0 Å². The maximum Gasteiger partial charge on any atom is 0.374 e. The minimum atomic E-state index is -0.680. The normalized spacial score (nSPS) is 10.7. The highest BCUT2D eigenvalue weighted by Crippen LogP contribution is 2.23. The molecule has 84 valence electrons. The number of ether oxygens (including phenoxy) is 1. The number of esters is 1. The third kappa shape index (κ3) is 1.39. The van der Waals surface area contributed by atoms with Gasteiger partial charge in [0.05, 0.1) is 12.6 Å². The molecule has 0 aliphatic heterocycles. The van der Waals surface area contributed by atoms with E-state index in [1.165, 1.54) is 17.7 Å². The molecule has 0 atom stereocenters. The van der Waals surface area contributed by atoms with E-state index in [4.69, 9.17) is 0 Å². The van der Waals surface area contributed by atoms with E-state index >= 15 is 0 Å². The number of hydrogen-bond acceptors (Lipinski definition) is 4. The fourth-order valence-corrected chi connectivity index (χ4v) is 1.51. The third-order valence-electron chi connectivity index (χ3n) is 2.29. The lowest BCUT2D eigenvalue weighted by molar-refractivity contribution is 0.0583. The van der Waals surface area contributed by atoms with E-state index in [0.29, 0.717) is 5.52 Å². The maximum atomic E-state index is 13.4. The van der Waals surface area contributed by atoms with Crippen molar-refractivity contribution in [2.45, 2.75) is 0 Å². The van der Waals surface area contributed by atoms with E-state index < -0.39 is 11.8 Å². The Balaban J connectivity index is 2.77. The Kier molecular flexibility index (Phi) is 2.26. The molecule has 1 aromatic heterocycles. The molecule has 0 saturated carbocycles. The van der Waals surface area contributed by atoms with Gasteiger partial charge in [-0.2, -0.15) is 0 Å². The first-order valence-corrected chi connectivity index (χ1v) is 4.48. The van der Waals surface area contributed by atoms with Gasteiger partial charge in [-0.1, -0.05) is 0 Å². The topological polar surface area (TPSA) is 64.3 Å². The quantitative estimate of drug-likeness (QED) is 0.739. The SMILES string of the molecule is COC(=O)c1nc2c(F)cc(O)cc2n1C. The van der Waals surface area contributed by atoms with Crippen LogP contribution < -0.4 is 0 Å². The number of carbonyl (C=O) groups is 1. The molecule has 16 heavy (non-hydrogen) atoms. The molecule has 6 heteroatoms. The molecular formula is C10H9FN2O3. The monoisotopic (exact) mass is 224 g/mol. The number of carbonyl (C=O) groups excluding carboxylic acids is 1. The van der Waals surface area contributed by atoms with Gasteiger partial charge in [-0.15, -0.1) is 0 Å². The van der Waals surface area contributed by atoms with Gasteiger partial charge in [-0.25, -0.2) is 14.2 Å². The number of phenols is 1. The lowest BCUT2D eigenvalue weighted by Crippen LogP contribution is -2.08. The van der Waals surface area contributed by atoms with Gasteiger partial charge in [0, 0.05) is 19.2 Å². The van der Waals surface area contributed by atoms with Gasteiger partial charge >= 0.3 is 5.97 Å². The largest absolute Gasteiger partial charge is 0.508 e. The summed E-state index contributed by atoms with van der Waals surface area (Å²) in [5.41, 5.74) is 0.360. The average molecular weight is 224 g/mol. The molecule has 0 radical (unpaired) electrons. The molecule has 0 unspecified atom stereocenters.